The second-order valence-corrected chi connectivity index (χ2v) is 12.6. The molecule has 0 saturated heterocycles. The van der Waals surface area contributed by atoms with Gasteiger partial charge in [-0.2, -0.15) is 0 Å². The van der Waals surface area contributed by atoms with E-state index in [1.165, 1.54) is 36.5 Å². The molecule has 206 valence electrons. The number of carbonyl (C=O) groups excluding carboxylic acids is 2. The molecule has 0 aliphatic heterocycles. The van der Waals surface area contributed by atoms with Crippen LogP contribution < -0.4 is 0 Å². The summed E-state index contributed by atoms with van der Waals surface area (Å²) in [6.07, 6.45) is 0. The van der Waals surface area contributed by atoms with E-state index in [2.05, 4.69) is 104 Å². The third kappa shape index (κ3) is 2.55. The molecule has 0 heterocycles. The van der Waals surface area contributed by atoms with Gasteiger partial charge in [-0.3, -0.25) is 0 Å². The van der Waals surface area contributed by atoms with E-state index in [9.17, 15) is 9.59 Å². The summed E-state index contributed by atoms with van der Waals surface area (Å²) in [5.41, 5.74) is 12.4. The van der Waals surface area contributed by atoms with Crippen molar-refractivity contribution in [2.75, 3.05) is 14.2 Å². The highest BCUT2D eigenvalue weighted by molar-refractivity contribution is 6.10. The lowest BCUT2D eigenvalue weighted by atomic mass is 9.35. The summed E-state index contributed by atoms with van der Waals surface area (Å²) in [7, 11) is 2.92. The quantitative estimate of drug-likeness (QED) is 0.288. The van der Waals surface area contributed by atoms with Crippen LogP contribution in [-0.2, 0) is 19.1 Å². The minimum absolute atomic E-state index is 0.158. The lowest BCUT2D eigenvalue weighted by molar-refractivity contribution is -0.139. The number of hydrogen-bond acceptors (Lipinski definition) is 4. The summed E-state index contributed by atoms with van der Waals surface area (Å²) in [5.74, 6) is -0.482. The molecule has 4 aliphatic rings. The molecule has 0 aromatic heterocycles. The summed E-state index contributed by atoms with van der Waals surface area (Å²) in [6, 6.07) is 17.0. The summed E-state index contributed by atoms with van der Waals surface area (Å²) >= 11 is 0. The number of benzene rings is 2. The van der Waals surface area contributed by atoms with Crippen molar-refractivity contribution in [2.45, 2.75) is 55.4 Å². The largest absolute Gasteiger partial charge is 0.466 e. The Bertz CT molecular complexity index is 1540. The maximum absolute atomic E-state index is 12.8. The minimum Gasteiger partial charge on any atom is -0.466 e. The number of esters is 2. The minimum atomic E-state index is -0.271. The summed E-state index contributed by atoms with van der Waals surface area (Å²) < 4.78 is 10.4. The maximum atomic E-state index is 12.8. The van der Waals surface area contributed by atoms with Gasteiger partial charge in [-0.1, -0.05) is 98.5 Å². The summed E-state index contributed by atoms with van der Waals surface area (Å²) in [4.78, 5) is 25.7. The maximum Gasteiger partial charge on any atom is 0.335 e. The second kappa shape index (κ2) is 7.96. The van der Waals surface area contributed by atoms with E-state index in [4.69, 9.17) is 9.47 Å². The van der Waals surface area contributed by atoms with Crippen LogP contribution in [0.3, 0.4) is 0 Å². The van der Waals surface area contributed by atoms with Crippen LogP contribution >= 0.6 is 0 Å². The Labute approximate surface area is 237 Å². The first kappa shape index (κ1) is 26.6. The number of hydrogen-bond donors (Lipinski definition) is 0. The predicted molar refractivity (Wildman–Crippen MR) is 159 cm³/mol. The molecule has 0 spiro atoms. The Hall–Kier alpha value is -3.66. The predicted octanol–water partition coefficient (Wildman–Crippen LogP) is 7.96. The first-order valence-corrected chi connectivity index (χ1v) is 14.0. The summed E-state index contributed by atoms with van der Waals surface area (Å²) in [5, 5.41) is 0. The number of fused-ring (bicyclic) bond motifs is 2. The zero-order chi connectivity index (χ0) is 29.2. The monoisotopic (exact) mass is 534 g/mol. The molecule has 4 heteroatoms. The van der Waals surface area contributed by atoms with Gasteiger partial charge in [0.25, 0.3) is 0 Å². The van der Waals surface area contributed by atoms with Gasteiger partial charge in [0.2, 0.25) is 0 Å². The second-order valence-electron chi connectivity index (χ2n) is 12.6. The van der Waals surface area contributed by atoms with Crippen molar-refractivity contribution < 1.29 is 19.1 Å². The Morgan fingerprint density at radius 3 is 1.00 bits per heavy atom. The highest BCUT2D eigenvalue weighted by Gasteiger charge is 2.70. The van der Waals surface area contributed by atoms with E-state index in [1.54, 1.807) is 0 Å². The molecule has 0 radical (unpaired) electrons. The van der Waals surface area contributed by atoms with Gasteiger partial charge in [-0.05, 0) is 61.1 Å². The number of carbonyl (C=O) groups is 2. The average molecular weight is 535 g/mol. The number of methoxy groups -OCH3 is 2. The van der Waals surface area contributed by atoms with E-state index in [-0.39, 0.29) is 33.6 Å². The first-order valence-electron chi connectivity index (χ1n) is 14.0. The van der Waals surface area contributed by atoms with Gasteiger partial charge in [0.1, 0.15) is 0 Å². The number of rotatable bonds is 5. The molecule has 2 aromatic carbocycles. The average Bonchev–Trinajstić information content (AvgIpc) is 2.98. The van der Waals surface area contributed by atoms with Crippen LogP contribution in [0.15, 0.2) is 82.0 Å². The van der Waals surface area contributed by atoms with Gasteiger partial charge in [0, 0.05) is 21.7 Å². The Balaban J connectivity index is 1.34. The lowest BCUT2D eigenvalue weighted by Crippen LogP contribution is -2.60. The van der Waals surface area contributed by atoms with Crippen LogP contribution in [0.1, 0.15) is 66.5 Å². The van der Waals surface area contributed by atoms with E-state index >= 15 is 0 Å². The molecule has 0 N–H and O–H groups in total. The molecule has 0 amide bonds. The Morgan fingerprint density at radius 2 is 0.725 bits per heavy atom. The first-order chi connectivity index (χ1) is 18.8. The molecule has 0 fully saturated rings. The lowest BCUT2D eigenvalue weighted by Gasteiger charge is -2.67. The molecule has 0 saturated carbocycles. The smallest absolute Gasteiger partial charge is 0.335 e. The third-order valence-corrected chi connectivity index (χ3v) is 12.1. The van der Waals surface area contributed by atoms with Crippen LogP contribution in [0.25, 0.3) is 22.3 Å². The van der Waals surface area contributed by atoms with Crippen molar-refractivity contribution in [1.82, 2.24) is 0 Å². The van der Waals surface area contributed by atoms with Crippen molar-refractivity contribution in [1.29, 1.82) is 0 Å². The summed E-state index contributed by atoms with van der Waals surface area (Å²) in [6.45, 7) is 17.4. The van der Waals surface area contributed by atoms with Crippen molar-refractivity contribution >= 4 is 23.1 Å². The van der Waals surface area contributed by atoms with Gasteiger partial charge in [-0.25, -0.2) is 9.59 Å². The van der Waals surface area contributed by atoms with E-state index in [1.807, 2.05) is 0 Å². The normalized spacial score (nSPS) is 31.9. The van der Waals surface area contributed by atoms with Crippen LogP contribution in [0.4, 0.5) is 0 Å². The van der Waals surface area contributed by atoms with Gasteiger partial charge >= 0.3 is 11.9 Å². The Morgan fingerprint density at radius 1 is 0.475 bits per heavy atom. The van der Waals surface area contributed by atoms with E-state index in [0.29, 0.717) is 0 Å². The van der Waals surface area contributed by atoms with Gasteiger partial charge in [0.15, 0.2) is 0 Å². The van der Waals surface area contributed by atoms with Gasteiger partial charge in [-0.15, -0.1) is 0 Å². The Kier molecular flexibility index (Phi) is 5.29. The molecule has 4 nitrogen and oxygen atoms in total. The zero-order valence-corrected chi connectivity index (χ0v) is 25.3. The molecule has 4 atom stereocenters. The van der Waals surface area contributed by atoms with Crippen LogP contribution in [0.5, 0.6) is 0 Å². The zero-order valence-electron chi connectivity index (χ0n) is 25.3. The molecular formula is C36H38O4. The molecular weight excluding hydrogens is 496 g/mol. The highest BCUT2D eigenvalue weighted by Crippen LogP contribution is 2.78. The number of allylic oxidation sites excluding steroid dienone is 6. The standard InChI is InChI=1S/C36H38O4/c1-19-21(3)35(7)29(31(37)39-9)27(33(19,35)5)25-15-11-23(12-16-25)24-13-17-26(18-14-24)28-30(32(38)40-10)36(8)22(4)20(2)34(28,36)6/h11-18H,1-10H3. The van der Waals surface area contributed by atoms with E-state index in [0.717, 1.165) is 44.5 Å². The molecule has 6 rings (SSSR count). The van der Waals surface area contributed by atoms with E-state index < -0.39 is 0 Å². The highest BCUT2D eigenvalue weighted by atomic mass is 16.5. The van der Waals surface area contributed by atoms with Crippen molar-refractivity contribution in [3.63, 3.8) is 0 Å². The molecule has 40 heavy (non-hydrogen) atoms. The third-order valence-electron chi connectivity index (χ3n) is 12.1. The SMILES string of the molecule is COC(=O)C1=C(c2ccc(-c3ccc(C4=C(C(=O)OC)C5(C)C(C)=C(C)C45C)cc3)cc2)C2(C)C(C)=C(C)C12C. The van der Waals surface area contributed by atoms with Gasteiger partial charge in [0.05, 0.1) is 25.4 Å². The van der Waals surface area contributed by atoms with Crippen molar-refractivity contribution in [2.24, 2.45) is 21.7 Å². The number of ether oxygens (including phenoxy) is 2. The van der Waals surface area contributed by atoms with Gasteiger partial charge < -0.3 is 9.47 Å². The van der Waals surface area contributed by atoms with Crippen LogP contribution in [0, 0.1) is 21.7 Å². The fraction of sp³-hybridized carbons (Fsp3) is 0.389. The molecule has 4 aliphatic carbocycles. The fourth-order valence-electron chi connectivity index (χ4n) is 8.84. The topological polar surface area (TPSA) is 52.6 Å². The molecule has 0 bridgehead atoms. The fourth-order valence-corrected chi connectivity index (χ4v) is 8.84. The van der Waals surface area contributed by atoms with Crippen molar-refractivity contribution in [3.8, 4) is 11.1 Å². The van der Waals surface area contributed by atoms with Crippen molar-refractivity contribution in [3.05, 3.63) is 93.1 Å². The molecule has 4 unspecified atom stereocenters. The molecule has 2 aromatic rings. The van der Waals surface area contributed by atoms with Crippen LogP contribution in [-0.4, -0.2) is 26.2 Å². The van der Waals surface area contributed by atoms with Crippen LogP contribution in [0.2, 0.25) is 0 Å².